The first-order valence-electron chi connectivity index (χ1n) is 10.1. The summed E-state index contributed by atoms with van der Waals surface area (Å²) in [6, 6.07) is 4.70. The Morgan fingerprint density at radius 1 is 1.28 bits per heavy atom. The number of halogens is 1. The lowest BCUT2D eigenvalue weighted by Crippen LogP contribution is -2.24. The van der Waals surface area contributed by atoms with Crippen LogP contribution in [0.15, 0.2) is 12.1 Å². The molecule has 1 aromatic carbocycles. The number of aromatic nitrogens is 4. The first-order valence-corrected chi connectivity index (χ1v) is 10.1. The largest absolute Gasteiger partial charge is 0.493 e. The van der Waals surface area contributed by atoms with Gasteiger partial charge in [0.05, 0.1) is 6.61 Å². The van der Waals surface area contributed by atoms with E-state index >= 15 is 0 Å². The van der Waals surface area contributed by atoms with E-state index in [1.807, 2.05) is 4.57 Å². The number of hydrogen-bond acceptors (Lipinski definition) is 6. The maximum atomic E-state index is 13.8. The van der Waals surface area contributed by atoms with Crippen molar-refractivity contribution in [1.29, 1.82) is 0 Å². The Morgan fingerprint density at radius 2 is 2.10 bits per heavy atom. The van der Waals surface area contributed by atoms with Crippen LogP contribution >= 0.6 is 0 Å². The maximum Gasteiger partial charge on any atom is 0.312 e. The summed E-state index contributed by atoms with van der Waals surface area (Å²) in [4.78, 5) is 12.3. The molecule has 8 heteroatoms. The number of rotatable bonds is 7. The number of aryl methyl sites for hydroxylation is 2. The fourth-order valence-electron chi connectivity index (χ4n) is 3.79. The number of nitrogens with zero attached hydrogens (tertiary/aromatic N) is 4. The van der Waals surface area contributed by atoms with E-state index in [0.29, 0.717) is 30.2 Å². The highest BCUT2D eigenvalue weighted by Crippen LogP contribution is 2.30. The monoisotopic (exact) mass is 398 g/mol. The van der Waals surface area contributed by atoms with Crippen molar-refractivity contribution in [2.75, 3.05) is 18.9 Å². The van der Waals surface area contributed by atoms with Gasteiger partial charge in [-0.05, 0) is 42.6 Å². The summed E-state index contributed by atoms with van der Waals surface area (Å²) in [5.41, 5.74) is 10.4. The highest BCUT2D eigenvalue weighted by atomic mass is 19.1. The number of hydrogen-bond donors (Lipinski definition) is 2. The van der Waals surface area contributed by atoms with Crippen LogP contribution in [0.1, 0.15) is 42.8 Å². The third-order valence-electron chi connectivity index (χ3n) is 5.28. The minimum absolute atomic E-state index is 0.0711. The van der Waals surface area contributed by atoms with Crippen LogP contribution in [0.2, 0.25) is 0 Å². The molecule has 0 saturated heterocycles. The zero-order chi connectivity index (χ0) is 20.5. The van der Waals surface area contributed by atoms with Gasteiger partial charge in [-0.1, -0.05) is 19.9 Å². The highest BCUT2D eigenvalue weighted by Gasteiger charge is 2.20. The van der Waals surface area contributed by atoms with Gasteiger partial charge in [-0.15, -0.1) is 0 Å². The van der Waals surface area contributed by atoms with Crippen molar-refractivity contribution >= 4 is 17.0 Å². The standard InChI is InChI=1S/C21H27FN6O/c1-12(2)24-6-4-7-28-17(25-18-19(23)26-21(22)27-20(18)28)11-15-10-16-14(5-8-29-16)9-13(15)3/h9-10,12,24H,4-8,11H2,1-3H3,(H2,23,26,27). The molecule has 0 saturated carbocycles. The molecule has 0 fully saturated rings. The number of nitrogen functional groups attached to an aromatic ring is 1. The van der Waals surface area contributed by atoms with Crippen LogP contribution < -0.4 is 15.8 Å². The molecule has 0 spiro atoms. The summed E-state index contributed by atoms with van der Waals surface area (Å²) in [5.74, 6) is 1.82. The summed E-state index contributed by atoms with van der Waals surface area (Å²) in [7, 11) is 0. The van der Waals surface area contributed by atoms with Gasteiger partial charge in [0.25, 0.3) is 0 Å². The van der Waals surface area contributed by atoms with Gasteiger partial charge >= 0.3 is 6.08 Å². The maximum absolute atomic E-state index is 13.8. The van der Waals surface area contributed by atoms with E-state index < -0.39 is 6.08 Å². The van der Waals surface area contributed by atoms with E-state index in [9.17, 15) is 4.39 Å². The second kappa shape index (κ2) is 7.94. The molecule has 3 aromatic rings. The number of ether oxygens (including phenoxy) is 1. The Kier molecular flexibility index (Phi) is 5.36. The van der Waals surface area contributed by atoms with Crippen LogP contribution in [0, 0.1) is 13.0 Å². The predicted molar refractivity (Wildman–Crippen MR) is 111 cm³/mol. The summed E-state index contributed by atoms with van der Waals surface area (Å²) in [5, 5.41) is 3.40. The molecular weight excluding hydrogens is 371 g/mol. The van der Waals surface area contributed by atoms with Gasteiger partial charge < -0.3 is 20.4 Å². The van der Waals surface area contributed by atoms with E-state index in [1.54, 1.807) is 0 Å². The second-order valence-electron chi connectivity index (χ2n) is 7.85. The van der Waals surface area contributed by atoms with Crippen LogP contribution in [-0.4, -0.2) is 38.7 Å². The van der Waals surface area contributed by atoms with Gasteiger partial charge in [0.15, 0.2) is 17.0 Å². The molecule has 3 heterocycles. The molecule has 0 atom stereocenters. The van der Waals surface area contributed by atoms with Gasteiger partial charge in [-0.25, -0.2) is 4.98 Å². The van der Waals surface area contributed by atoms with Crippen molar-refractivity contribution in [2.24, 2.45) is 0 Å². The zero-order valence-corrected chi connectivity index (χ0v) is 17.1. The Hall–Kier alpha value is -2.74. The molecule has 0 aliphatic carbocycles. The molecule has 0 bridgehead atoms. The van der Waals surface area contributed by atoms with Crippen LogP contribution in [0.5, 0.6) is 5.75 Å². The molecule has 7 nitrogen and oxygen atoms in total. The SMILES string of the molecule is Cc1cc2c(cc1Cc1nc3c(N)nc(F)nc3n1CCCNC(C)C)OCC2. The molecule has 3 N–H and O–H groups in total. The first-order chi connectivity index (χ1) is 13.9. The Balaban J connectivity index is 1.69. The molecule has 0 unspecified atom stereocenters. The molecule has 154 valence electrons. The molecule has 1 aliphatic rings. The van der Waals surface area contributed by atoms with E-state index in [2.05, 4.69) is 53.2 Å². The Labute approximate surface area is 169 Å². The van der Waals surface area contributed by atoms with Crippen molar-refractivity contribution in [1.82, 2.24) is 24.8 Å². The minimum Gasteiger partial charge on any atom is -0.493 e. The third kappa shape index (κ3) is 4.03. The fraction of sp³-hybridized carbons (Fsp3) is 0.476. The van der Waals surface area contributed by atoms with Crippen molar-refractivity contribution in [3.63, 3.8) is 0 Å². The van der Waals surface area contributed by atoms with Gasteiger partial charge in [0.1, 0.15) is 11.6 Å². The summed E-state index contributed by atoms with van der Waals surface area (Å²) in [6.07, 6.45) is 1.58. The van der Waals surface area contributed by atoms with E-state index in [4.69, 9.17) is 10.5 Å². The number of nitrogens with one attached hydrogen (secondary N) is 1. The summed E-state index contributed by atoms with van der Waals surface area (Å²) < 4.78 is 21.5. The predicted octanol–water partition coefficient (Wildman–Crippen LogP) is 2.77. The topological polar surface area (TPSA) is 90.9 Å². The van der Waals surface area contributed by atoms with Gasteiger partial charge in [-0.2, -0.15) is 14.4 Å². The molecular formula is C21H27FN6O. The van der Waals surface area contributed by atoms with Crippen molar-refractivity contribution < 1.29 is 9.13 Å². The number of imidazole rings is 1. The normalized spacial score (nSPS) is 13.3. The first kappa shape index (κ1) is 19.6. The van der Waals surface area contributed by atoms with E-state index in [0.717, 1.165) is 43.1 Å². The van der Waals surface area contributed by atoms with Gasteiger partial charge in [0, 0.05) is 25.4 Å². The van der Waals surface area contributed by atoms with Gasteiger partial charge in [0.2, 0.25) is 0 Å². The molecule has 4 rings (SSSR count). The van der Waals surface area contributed by atoms with Crippen LogP contribution in [0.25, 0.3) is 11.2 Å². The Morgan fingerprint density at radius 3 is 2.90 bits per heavy atom. The molecule has 0 amide bonds. The lowest BCUT2D eigenvalue weighted by Gasteiger charge is -2.13. The van der Waals surface area contributed by atoms with Crippen LogP contribution in [-0.2, 0) is 19.4 Å². The fourth-order valence-corrected chi connectivity index (χ4v) is 3.79. The smallest absolute Gasteiger partial charge is 0.312 e. The number of anilines is 1. The molecule has 2 aromatic heterocycles. The highest BCUT2D eigenvalue weighted by molar-refractivity contribution is 5.82. The van der Waals surface area contributed by atoms with E-state index in [-0.39, 0.29) is 5.82 Å². The number of benzene rings is 1. The number of nitrogens with two attached hydrogens (primary N) is 1. The van der Waals surface area contributed by atoms with Gasteiger partial charge in [-0.3, -0.25) is 0 Å². The van der Waals surface area contributed by atoms with E-state index in [1.165, 1.54) is 11.1 Å². The zero-order valence-electron chi connectivity index (χ0n) is 17.1. The average molecular weight is 398 g/mol. The lowest BCUT2D eigenvalue weighted by molar-refractivity contribution is 0.356. The van der Waals surface area contributed by atoms with Crippen molar-refractivity contribution in [2.45, 2.75) is 52.6 Å². The quantitative estimate of drug-likeness (QED) is 0.470. The minimum atomic E-state index is -0.829. The molecule has 1 aliphatic heterocycles. The third-order valence-corrected chi connectivity index (χ3v) is 5.28. The lowest BCUT2D eigenvalue weighted by atomic mass is 10.0. The average Bonchev–Trinajstić information content (AvgIpc) is 3.23. The molecule has 29 heavy (non-hydrogen) atoms. The van der Waals surface area contributed by atoms with Crippen molar-refractivity contribution in [3.8, 4) is 5.75 Å². The number of fused-ring (bicyclic) bond motifs is 2. The van der Waals surface area contributed by atoms with Crippen molar-refractivity contribution in [3.05, 3.63) is 40.7 Å². The summed E-state index contributed by atoms with van der Waals surface area (Å²) >= 11 is 0. The van der Waals surface area contributed by atoms with Crippen LogP contribution in [0.3, 0.4) is 0 Å². The van der Waals surface area contributed by atoms with Crippen LogP contribution in [0.4, 0.5) is 10.2 Å². The second-order valence-corrected chi connectivity index (χ2v) is 7.85. The Bertz CT molecular complexity index is 1050. The summed E-state index contributed by atoms with van der Waals surface area (Å²) in [6.45, 7) is 8.57. The molecule has 0 radical (unpaired) electrons.